The number of carbonyl (C=O) groups is 2. The Bertz CT molecular complexity index is 451. The van der Waals surface area contributed by atoms with E-state index < -0.39 is 17.4 Å². The van der Waals surface area contributed by atoms with Crippen molar-refractivity contribution in [3.8, 4) is 0 Å². The minimum atomic E-state index is -1.11. The van der Waals surface area contributed by atoms with Gasteiger partial charge in [-0.1, -0.05) is 0 Å². The molecule has 0 fully saturated rings. The van der Waals surface area contributed by atoms with Gasteiger partial charge in [0.15, 0.2) is 0 Å². The van der Waals surface area contributed by atoms with E-state index in [9.17, 15) is 9.59 Å². The van der Waals surface area contributed by atoms with Crippen molar-refractivity contribution in [1.82, 2.24) is 5.32 Å². The summed E-state index contributed by atoms with van der Waals surface area (Å²) in [4.78, 5) is 21.6. The van der Waals surface area contributed by atoms with Crippen LogP contribution in [-0.4, -0.2) is 22.5 Å². The number of hydrogen-bond acceptors (Lipinski definition) is 4. The van der Waals surface area contributed by atoms with Crippen molar-refractivity contribution in [1.29, 1.82) is 0 Å². The first-order valence-corrected chi connectivity index (χ1v) is 5.60. The molecule has 0 aliphatic carbocycles. The van der Waals surface area contributed by atoms with Gasteiger partial charge in [-0.25, -0.2) is 4.79 Å². The second-order valence-electron chi connectivity index (χ2n) is 4.90. The minimum Gasteiger partial charge on any atom is -0.475 e. The first-order chi connectivity index (χ1) is 8.21. The van der Waals surface area contributed by atoms with Gasteiger partial charge in [0.25, 0.3) is 0 Å². The molecule has 4 N–H and O–H groups in total. The molecule has 0 aliphatic rings. The average molecular weight is 254 g/mol. The maximum atomic E-state index is 10.9. The fourth-order valence-corrected chi connectivity index (χ4v) is 1.84. The summed E-state index contributed by atoms with van der Waals surface area (Å²) in [6.07, 6.45) is 0.184. The molecule has 0 spiro atoms. The summed E-state index contributed by atoms with van der Waals surface area (Å²) >= 11 is 0. The number of rotatable bonds is 6. The molecular weight excluding hydrogens is 236 g/mol. The summed E-state index contributed by atoms with van der Waals surface area (Å²) in [6, 6.07) is 2.78. The molecule has 18 heavy (non-hydrogen) atoms. The highest BCUT2D eigenvalue weighted by molar-refractivity contribution is 5.84. The highest BCUT2D eigenvalue weighted by atomic mass is 16.4. The summed E-state index contributed by atoms with van der Waals surface area (Å²) in [6.45, 7) is 5.51. The first kappa shape index (κ1) is 14.2. The normalized spacial score (nSPS) is 13.3. The topological polar surface area (TPSA) is 106 Å². The Morgan fingerprint density at radius 2 is 2.11 bits per heavy atom. The third-order valence-electron chi connectivity index (χ3n) is 2.49. The van der Waals surface area contributed by atoms with Gasteiger partial charge in [0, 0.05) is 12.0 Å². The van der Waals surface area contributed by atoms with Crippen LogP contribution in [0, 0.1) is 0 Å². The zero-order valence-corrected chi connectivity index (χ0v) is 10.7. The number of carboxylic acids is 1. The summed E-state index contributed by atoms with van der Waals surface area (Å²) in [5.74, 6) is -1.11. The standard InChI is InChI=1S/C12H18N2O4/c1-7(14-12(2,3)6-10(13)15)8-4-5-9(18-8)11(16)17/h4-5,7,14H,6H2,1-3H3,(H2,13,15)(H,16,17). The number of furan rings is 1. The van der Waals surface area contributed by atoms with Gasteiger partial charge < -0.3 is 20.6 Å². The van der Waals surface area contributed by atoms with Crippen LogP contribution in [0.4, 0.5) is 0 Å². The van der Waals surface area contributed by atoms with Crippen LogP contribution in [0.15, 0.2) is 16.5 Å². The number of carbonyl (C=O) groups excluding carboxylic acids is 1. The fraction of sp³-hybridized carbons (Fsp3) is 0.500. The lowest BCUT2D eigenvalue weighted by molar-refractivity contribution is -0.119. The highest BCUT2D eigenvalue weighted by Crippen LogP contribution is 2.20. The lowest BCUT2D eigenvalue weighted by Gasteiger charge is -2.28. The summed E-state index contributed by atoms with van der Waals surface area (Å²) in [5.41, 5.74) is 4.67. The summed E-state index contributed by atoms with van der Waals surface area (Å²) < 4.78 is 5.18. The van der Waals surface area contributed by atoms with E-state index in [0.29, 0.717) is 5.76 Å². The van der Waals surface area contributed by atoms with Gasteiger partial charge in [-0.3, -0.25) is 4.79 Å². The van der Waals surface area contributed by atoms with Gasteiger partial charge in [-0.05, 0) is 32.9 Å². The Kier molecular flexibility index (Phi) is 4.13. The molecule has 1 heterocycles. The average Bonchev–Trinajstić information content (AvgIpc) is 2.62. The van der Waals surface area contributed by atoms with Crippen molar-refractivity contribution >= 4 is 11.9 Å². The van der Waals surface area contributed by atoms with Gasteiger partial charge >= 0.3 is 5.97 Å². The van der Waals surface area contributed by atoms with E-state index in [1.54, 1.807) is 6.07 Å². The maximum Gasteiger partial charge on any atom is 0.371 e. The van der Waals surface area contributed by atoms with E-state index in [4.69, 9.17) is 15.3 Å². The lowest BCUT2D eigenvalue weighted by atomic mass is 9.98. The molecule has 1 rings (SSSR count). The van der Waals surface area contributed by atoms with E-state index in [2.05, 4.69) is 5.32 Å². The Labute approximate surface area is 105 Å². The maximum absolute atomic E-state index is 10.9. The molecule has 1 amide bonds. The zero-order valence-electron chi connectivity index (χ0n) is 10.7. The molecule has 100 valence electrons. The van der Waals surface area contributed by atoms with Crippen LogP contribution in [0.1, 0.15) is 49.5 Å². The molecule has 0 aromatic carbocycles. The summed E-state index contributed by atoms with van der Waals surface area (Å²) in [7, 11) is 0. The molecule has 1 atom stereocenters. The van der Waals surface area contributed by atoms with Crippen molar-refractivity contribution in [3.63, 3.8) is 0 Å². The van der Waals surface area contributed by atoms with Crippen molar-refractivity contribution in [2.75, 3.05) is 0 Å². The van der Waals surface area contributed by atoms with Gasteiger partial charge in [-0.2, -0.15) is 0 Å². The molecule has 1 aromatic heterocycles. The number of aromatic carboxylic acids is 1. The lowest BCUT2D eigenvalue weighted by Crippen LogP contribution is -2.43. The fourth-order valence-electron chi connectivity index (χ4n) is 1.84. The number of nitrogens with one attached hydrogen (secondary N) is 1. The van der Waals surface area contributed by atoms with Crippen molar-refractivity contribution < 1.29 is 19.1 Å². The predicted octanol–water partition coefficient (Wildman–Crippen LogP) is 1.28. The van der Waals surface area contributed by atoms with E-state index in [0.717, 1.165) is 0 Å². The van der Waals surface area contributed by atoms with Gasteiger partial charge in [-0.15, -0.1) is 0 Å². The number of hydrogen-bond donors (Lipinski definition) is 3. The third kappa shape index (κ3) is 3.89. The number of primary amides is 1. The summed E-state index contributed by atoms with van der Waals surface area (Å²) in [5, 5.41) is 11.9. The van der Waals surface area contributed by atoms with Crippen LogP contribution >= 0.6 is 0 Å². The molecule has 0 saturated carbocycles. The van der Waals surface area contributed by atoms with E-state index in [1.165, 1.54) is 6.07 Å². The smallest absolute Gasteiger partial charge is 0.371 e. The zero-order chi connectivity index (χ0) is 13.9. The van der Waals surface area contributed by atoms with Crippen molar-refractivity contribution in [2.24, 2.45) is 5.73 Å². The van der Waals surface area contributed by atoms with Crippen LogP contribution in [0.3, 0.4) is 0 Å². The van der Waals surface area contributed by atoms with E-state index >= 15 is 0 Å². The monoisotopic (exact) mass is 254 g/mol. The second-order valence-corrected chi connectivity index (χ2v) is 4.90. The van der Waals surface area contributed by atoms with Crippen LogP contribution in [0.5, 0.6) is 0 Å². The van der Waals surface area contributed by atoms with Crippen LogP contribution in [0.2, 0.25) is 0 Å². The third-order valence-corrected chi connectivity index (χ3v) is 2.49. The molecular formula is C12H18N2O4. The van der Waals surface area contributed by atoms with Gasteiger partial charge in [0.2, 0.25) is 11.7 Å². The Hall–Kier alpha value is -1.82. The largest absolute Gasteiger partial charge is 0.475 e. The second kappa shape index (κ2) is 5.22. The minimum absolute atomic E-state index is 0.105. The van der Waals surface area contributed by atoms with Crippen molar-refractivity contribution in [3.05, 3.63) is 23.7 Å². The van der Waals surface area contributed by atoms with E-state index in [-0.39, 0.29) is 18.2 Å². The molecule has 0 saturated heterocycles. The quantitative estimate of drug-likeness (QED) is 0.709. The highest BCUT2D eigenvalue weighted by Gasteiger charge is 2.24. The first-order valence-electron chi connectivity index (χ1n) is 5.60. The van der Waals surface area contributed by atoms with Crippen molar-refractivity contribution in [2.45, 2.75) is 38.8 Å². The van der Waals surface area contributed by atoms with Crippen LogP contribution in [0.25, 0.3) is 0 Å². The molecule has 0 radical (unpaired) electrons. The number of nitrogens with two attached hydrogens (primary N) is 1. The predicted molar refractivity (Wildman–Crippen MR) is 65.1 cm³/mol. The molecule has 0 bridgehead atoms. The van der Waals surface area contributed by atoms with Gasteiger partial charge in [0.1, 0.15) is 5.76 Å². The van der Waals surface area contributed by atoms with E-state index in [1.807, 2.05) is 20.8 Å². The SMILES string of the molecule is CC(NC(C)(C)CC(N)=O)c1ccc(C(=O)O)o1. The molecule has 1 aromatic rings. The van der Waals surface area contributed by atoms with Crippen LogP contribution in [-0.2, 0) is 4.79 Å². The Morgan fingerprint density at radius 3 is 2.56 bits per heavy atom. The number of carboxylic acid groups (broad SMARTS) is 1. The molecule has 0 aliphatic heterocycles. The molecule has 6 heteroatoms. The van der Waals surface area contributed by atoms with Crippen LogP contribution < -0.4 is 11.1 Å². The Morgan fingerprint density at radius 1 is 1.50 bits per heavy atom. The Balaban J connectivity index is 2.72. The van der Waals surface area contributed by atoms with Gasteiger partial charge in [0.05, 0.1) is 6.04 Å². The number of amides is 1. The molecule has 6 nitrogen and oxygen atoms in total. The molecule has 1 unspecified atom stereocenters.